The molecule has 0 radical (unpaired) electrons. The first kappa shape index (κ1) is 20.9. The molecule has 1 aromatic rings. The number of rotatable bonds is 7. The smallest absolute Gasteiger partial charge is 0.313 e. The van der Waals surface area contributed by atoms with Crippen LogP contribution >= 0.6 is 0 Å². The highest BCUT2D eigenvalue weighted by Gasteiger charge is 2.29. The number of carbonyl (C=O) groups excluding carboxylic acids is 2. The molecular formula is C16H23N3O7S. The van der Waals surface area contributed by atoms with Crippen LogP contribution in [0, 0.1) is 0 Å². The van der Waals surface area contributed by atoms with Gasteiger partial charge in [0.1, 0.15) is 5.75 Å². The number of benzene rings is 1. The Morgan fingerprint density at radius 3 is 2.44 bits per heavy atom. The molecule has 150 valence electrons. The number of sulfonamides is 1. The Hall–Kier alpha value is -2.37. The zero-order valence-electron chi connectivity index (χ0n) is 15.4. The highest BCUT2D eigenvalue weighted by Crippen LogP contribution is 2.32. The lowest BCUT2D eigenvalue weighted by molar-refractivity contribution is -0.139. The number of ether oxygens (including phenoxy) is 3. The van der Waals surface area contributed by atoms with Gasteiger partial charge in [-0.25, -0.2) is 8.42 Å². The first-order valence-corrected chi connectivity index (χ1v) is 9.76. The van der Waals surface area contributed by atoms with E-state index in [2.05, 4.69) is 10.6 Å². The first-order valence-electron chi connectivity index (χ1n) is 8.15. The van der Waals surface area contributed by atoms with Gasteiger partial charge in [0.2, 0.25) is 10.0 Å². The summed E-state index contributed by atoms with van der Waals surface area (Å²) >= 11 is 0. The quantitative estimate of drug-likeness (QED) is 0.483. The number of nitrogens with one attached hydrogen (secondary N) is 2. The summed E-state index contributed by atoms with van der Waals surface area (Å²) in [5, 5.41) is 4.81. The highest BCUT2D eigenvalue weighted by atomic mass is 32.2. The molecular weight excluding hydrogens is 378 g/mol. The number of hydrogen-bond acceptors (Lipinski definition) is 7. The average molecular weight is 401 g/mol. The van der Waals surface area contributed by atoms with Gasteiger partial charge in [-0.05, 0) is 24.6 Å². The monoisotopic (exact) mass is 401 g/mol. The third-order valence-corrected chi connectivity index (χ3v) is 5.85. The summed E-state index contributed by atoms with van der Waals surface area (Å²) in [4.78, 5) is 24.1. The summed E-state index contributed by atoms with van der Waals surface area (Å²) in [7, 11) is 0.841. The predicted octanol–water partition coefficient (Wildman–Crippen LogP) is -0.0913. The minimum atomic E-state index is -3.37. The summed E-state index contributed by atoms with van der Waals surface area (Å²) in [6.45, 7) is 0.348. The molecule has 1 heterocycles. The normalized spacial score (nSPS) is 15.6. The molecule has 1 saturated heterocycles. The van der Waals surface area contributed by atoms with E-state index in [1.807, 2.05) is 0 Å². The second kappa shape index (κ2) is 9.02. The van der Waals surface area contributed by atoms with Gasteiger partial charge >= 0.3 is 11.8 Å². The lowest BCUT2D eigenvalue weighted by Gasteiger charge is -2.19. The van der Waals surface area contributed by atoms with Crippen LogP contribution in [0.1, 0.15) is 6.42 Å². The van der Waals surface area contributed by atoms with Crippen molar-refractivity contribution < 1.29 is 32.2 Å². The van der Waals surface area contributed by atoms with Gasteiger partial charge in [-0.2, -0.15) is 0 Å². The van der Waals surface area contributed by atoms with Gasteiger partial charge < -0.3 is 24.8 Å². The van der Waals surface area contributed by atoms with Gasteiger partial charge in [-0.15, -0.1) is 0 Å². The first-order chi connectivity index (χ1) is 12.8. The lowest BCUT2D eigenvalue weighted by atomic mass is 10.2. The fraction of sp³-hybridized carbons (Fsp3) is 0.500. The molecule has 10 nitrogen and oxygen atoms in total. The van der Waals surface area contributed by atoms with Crippen LogP contribution in [0.2, 0.25) is 0 Å². The summed E-state index contributed by atoms with van der Waals surface area (Å²) in [6, 6.07) is 4.57. The molecule has 0 bridgehead atoms. The van der Waals surface area contributed by atoms with Gasteiger partial charge in [0.15, 0.2) is 6.29 Å². The second-order valence-electron chi connectivity index (χ2n) is 5.69. The minimum absolute atomic E-state index is 0.0115. The van der Waals surface area contributed by atoms with E-state index in [-0.39, 0.29) is 18.0 Å². The van der Waals surface area contributed by atoms with Gasteiger partial charge in [0, 0.05) is 20.8 Å². The van der Waals surface area contributed by atoms with Crippen LogP contribution in [0.3, 0.4) is 0 Å². The van der Waals surface area contributed by atoms with Crippen molar-refractivity contribution in [1.82, 2.24) is 5.32 Å². The Morgan fingerprint density at radius 2 is 1.89 bits per heavy atom. The van der Waals surface area contributed by atoms with E-state index in [1.165, 1.54) is 37.8 Å². The number of hydrogen-bond donors (Lipinski definition) is 2. The van der Waals surface area contributed by atoms with E-state index in [0.29, 0.717) is 24.4 Å². The van der Waals surface area contributed by atoms with Crippen molar-refractivity contribution in [2.45, 2.75) is 12.7 Å². The van der Waals surface area contributed by atoms with Gasteiger partial charge in [0.05, 0.1) is 30.8 Å². The number of amides is 2. The Kier molecular flexibility index (Phi) is 6.99. The maximum atomic E-state index is 12.1. The van der Waals surface area contributed by atoms with E-state index in [9.17, 15) is 18.0 Å². The molecule has 2 amide bonds. The Morgan fingerprint density at radius 1 is 1.19 bits per heavy atom. The van der Waals surface area contributed by atoms with E-state index in [1.54, 1.807) is 6.07 Å². The molecule has 0 atom stereocenters. The predicted molar refractivity (Wildman–Crippen MR) is 98.2 cm³/mol. The van der Waals surface area contributed by atoms with Crippen molar-refractivity contribution in [3.63, 3.8) is 0 Å². The lowest BCUT2D eigenvalue weighted by Crippen LogP contribution is -2.40. The second-order valence-corrected chi connectivity index (χ2v) is 7.70. The summed E-state index contributed by atoms with van der Waals surface area (Å²) in [5.41, 5.74) is 0.579. The molecule has 1 aliphatic heterocycles. The Bertz CT molecular complexity index is 793. The molecule has 1 aromatic carbocycles. The van der Waals surface area contributed by atoms with Gasteiger partial charge in [-0.1, -0.05) is 0 Å². The highest BCUT2D eigenvalue weighted by molar-refractivity contribution is 7.93. The van der Waals surface area contributed by atoms with Crippen LogP contribution in [0.4, 0.5) is 11.4 Å². The van der Waals surface area contributed by atoms with E-state index < -0.39 is 28.1 Å². The molecule has 1 fully saturated rings. The number of anilines is 2. The standard InChI is InChI=1S/C16H23N3O7S/c1-24-13-6-5-11(19-7-4-8-27(19,22)23)9-12(13)18-16(21)15(20)17-10-14(25-2)26-3/h5-6,9,14H,4,7-8,10H2,1-3H3,(H,17,20)(H,18,21). The van der Waals surface area contributed by atoms with Crippen LogP contribution in [-0.4, -0.2) is 66.7 Å². The molecule has 1 aliphatic rings. The Labute approximate surface area is 157 Å². The van der Waals surface area contributed by atoms with Crippen LogP contribution < -0.4 is 19.7 Å². The summed E-state index contributed by atoms with van der Waals surface area (Å²) < 4.78 is 40.5. The molecule has 0 saturated carbocycles. The molecule has 11 heteroatoms. The molecule has 0 spiro atoms. The van der Waals surface area contributed by atoms with E-state index in [4.69, 9.17) is 14.2 Å². The van der Waals surface area contributed by atoms with Crippen LogP contribution in [0.25, 0.3) is 0 Å². The number of methoxy groups -OCH3 is 3. The maximum Gasteiger partial charge on any atom is 0.313 e. The fourth-order valence-electron chi connectivity index (χ4n) is 2.58. The van der Waals surface area contributed by atoms with Crippen LogP contribution in [0.15, 0.2) is 18.2 Å². The molecule has 27 heavy (non-hydrogen) atoms. The van der Waals surface area contributed by atoms with Gasteiger partial charge in [0.25, 0.3) is 0 Å². The maximum absolute atomic E-state index is 12.1. The molecule has 2 rings (SSSR count). The molecule has 0 unspecified atom stereocenters. The van der Waals surface area contributed by atoms with E-state index >= 15 is 0 Å². The zero-order chi connectivity index (χ0) is 20.0. The Balaban J connectivity index is 2.13. The van der Waals surface area contributed by atoms with Crippen molar-refractivity contribution in [1.29, 1.82) is 0 Å². The minimum Gasteiger partial charge on any atom is -0.495 e. The summed E-state index contributed by atoms with van der Waals surface area (Å²) in [6.07, 6.45) is -0.154. The summed E-state index contributed by atoms with van der Waals surface area (Å²) in [5.74, 6) is -1.46. The van der Waals surface area contributed by atoms with Crippen molar-refractivity contribution in [2.24, 2.45) is 0 Å². The third kappa shape index (κ3) is 5.08. The molecule has 0 aromatic heterocycles. The number of carbonyl (C=O) groups is 2. The average Bonchev–Trinajstić information content (AvgIpc) is 3.01. The zero-order valence-corrected chi connectivity index (χ0v) is 16.2. The SMILES string of the molecule is COc1ccc(N2CCCS2(=O)=O)cc1NC(=O)C(=O)NCC(OC)OC. The third-order valence-electron chi connectivity index (χ3n) is 3.98. The van der Waals surface area contributed by atoms with E-state index in [0.717, 1.165) is 0 Å². The van der Waals surface area contributed by atoms with Crippen molar-refractivity contribution in [3.05, 3.63) is 18.2 Å². The van der Waals surface area contributed by atoms with Gasteiger partial charge in [-0.3, -0.25) is 13.9 Å². The largest absolute Gasteiger partial charge is 0.495 e. The fourth-order valence-corrected chi connectivity index (χ4v) is 4.13. The van der Waals surface area contributed by atoms with Crippen molar-refractivity contribution >= 4 is 33.2 Å². The van der Waals surface area contributed by atoms with Crippen LogP contribution in [-0.2, 0) is 29.1 Å². The molecule has 2 N–H and O–H groups in total. The number of nitrogens with zero attached hydrogens (tertiary/aromatic N) is 1. The topological polar surface area (TPSA) is 123 Å². The van der Waals surface area contributed by atoms with Crippen molar-refractivity contribution in [3.8, 4) is 5.75 Å². The van der Waals surface area contributed by atoms with Crippen molar-refractivity contribution in [2.75, 3.05) is 49.8 Å². The molecule has 0 aliphatic carbocycles. The van der Waals surface area contributed by atoms with Crippen LogP contribution in [0.5, 0.6) is 5.75 Å².